The molecule has 1 aliphatic heterocycles. The number of unbranched alkanes of at least 4 members (excludes halogenated alkanes) is 1. The Morgan fingerprint density at radius 1 is 1.16 bits per heavy atom. The Kier molecular flexibility index (Phi) is 8.09. The number of sulfonamides is 1. The molecule has 32 heavy (non-hydrogen) atoms. The van der Waals surface area contributed by atoms with Gasteiger partial charge in [0, 0.05) is 30.9 Å². The molecule has 3 rings (SSSR count). The topological polar surface area (TPSA) is 96.0 Å². The highest BCUT2D eigenvalue weighted by Gasteiger charge is 2.32. The van der Waals surface area contributed by atoms with Crippen LogP contribution in [0, 0.1) is 0 Å². The van der Waals surface area contributed by atoms with Crippen molar-refractivity contribution in [1.29, 1.82) is 0 Å². The molecule has 0 radical (unpaired) electrons. The van der Waals surface area contributed by atoms with E-state index in [1.807, 2.05) is 37.3 Å². The maximum atomic E-state index is 13.1. The van der Waals surface area contributed by atoms with Crippen molar-refractivity contribution in [3.63, 3.8) is 0 Å². The van der Waals surface area contributed by atoms with E-state index in [4.69, 9.17) is 4.74 Å². The molecule has 0 unspecified atom stereocenters. The monoisotopic (exact) mass is 461 g/mol. The highest BCUT2D eigenvalue weighted by atomic mass is 32.2. The van der Waals surface area contributed by atoms with Crippen molar-refractivity contribution in [3.05, 3.63) is 52.7 Å². The molecule has 1 fully saturated rings. The van der Waals surface area contributed by atoms with Gasteiger partial charge >= 0.3 is 6.03 Å². The number of allylic oxidation sites excluding steroid dienone is 1. The summed E-state index contributed by atoms with van der Waals surface area (Å²) in [4.78, 5) is 27.9. The number of nitrogens with zero attached hydrogens (tertiary/aromatic N) is 2. The Balaban J connectivity index is 1.89. The van der Waals surface area contributed by atoms with Gasteiger partial charge in [0.15, 0.2) is 0 Å². The summed E-state index contributed by atoms with van der Waals surface area (Å²) >= 11 is 0. The van der Waals surface area contributed by atoms with Crippen LogP contribution in [0.1, 0.15) is 38.2 Å². The van der Waals surface area contributed by atoms with Gasteiger partial charge in [-0.2, -0.15) is 0 Å². The van der Waals surface area contributed by atoms with Crippen molar-refractivity contribution < 1.29 is 22.7 Å². The normalized spacial score (nSPS) is 18.2. The fraction of sp³-hybridized carbons (Fsp3) is 0.478. The number of amides is 3. The number of benzene rings is 1. The number of carbonyl (C=O) groups is 2. The second-order valence-electron chi connectivity index (χ2n) is 7.95. The number of urea groups is 1. The van der Waals surface area contributed by atoms with Gasteiger partial charge < -0.3 is 9.64 Å². The number of imide groups is 1. The summed E-state index contributed by atoms with van der Waals surface area (Å²) in [6, 6.07) is 8.97. The molecule has 3 amide bonds. The van der Waals surface area contributed by atoms with E-state index >= 15 is 0 Å². The molecule has 1 aromatic rings. The predicted molar refractivity (Wildman–Crippen MR) is 123 cm³/mol. The van der Waals surface area contributed by atoms with Gasteiger partial charge in [0.05, 0.1) is 19.5 Å². The van der Waals surface area contributed by atoms with Gasteiger partial charge in [-0.1, -0.05) is 43.7 Å². The number of hydrogen-bond donors (Lipinski definition) is 1. The zero-order valence-corrected chi connectivity index (χ0v) is 19.5. The van der Waals surface area contributed by atoms with Crippen molar-refractivity contribution in [2.24, 2.45) is 0 Å². The second kappa shape index (κ2) is 10.8. The molecule has 2 aliphatic rings. The molecule has 0 atom stereocenters. The van der Waals surface area contributed by atoms with E-state index in [2.05, 4.69) is 16.3 Å². The van der Waals surface area contributed by atoms with Crippen LogP contribution in [0.25, 0.3) is 6.08 Å². The van der Waals surface area contributed by atoms with Crippen LogP contribution in [-0.4, -0.2) is 68.7 Å². The van der Waals surface area contributed by atoms with Crippen LogP contribution in [0.3, 0.4) is 0 Å². The maximum absolute atomic E-state index is 13.1. The minimum Gasteiger partial charge on any atom is -0.378 e. The summed E-state index contributed by atoms with van der Waals surface area (Å²) < 4.78 is 30.3. The minimum atomic E-state index is -3.78. The number of rotatable bonds is 7. The molecular weight excluding hydrogens is 430 g/mol. The molecule has 0 bridgehead atoms. The number of ether oxygens (including phenoxy) is 1. The summed E-state index contributed by atoms with van der Waals surface area (Å²) in [6.45, 7) is 4.38. The van der Waals surface area contributed by atoms with Crippen LogP contribution in [0.15, 0.2) is 47.2 Å². The van der Waals surface area contributed by atoms with Crippen LogP contribution in [0.4, 0.5) is 4.79 Å². The Bertz CT molecular complexity index is 996. The Morgan fingerprint density at radius 2 is 1.84 bits per heavy atom. The SMILES string of the molecule is CCCCN(C(=O)NC(=O)C1=C(N2CCOCC2)C(=Cc2ccccc2)CC1)S(C)(=O)=O. The van der Waals surface area contributed by atoms with Gasteiger partial charge in [0.1, 0.15) is 0 Å². The first kappa shape index (κ1) is 24.0. The zero-order valence-electron chi connectivity index (χ0n) is 18.7. The lowest BCUT2D eigenvalue weighted by Gasteiger charge is -2.31. The fourth-order valence-electron chi connectivity index (χ4n) is 3.94. The zero-order chi connectivity index (χ0) is 23.1. The van der Waals surface area contributed by atoms with Gasteiger partial charge in [-0.25, -0.2) is 17.5 Å². The first-order valence-corrected chi connectivity index (χ1v) is 12.8. The lowest BCUT2D eigenvalue weighted by molar-refractivity contribution is -0.116. The van der Waals surface area contributed by atoms with E-state index in [-0.39, 0.29) is 6.54 Å². The molecule has 174 valence electrons. The molecule has 8 nitrogen and oxygen atoms in total. The number of carbonyl (C=O) groups excluding carboxylic acids is 2. The Labute approximate surface area is 190 Å². The van der Waals surface area contributed by atoms with E-state index in [0.29, 0.717) is 51.1 Å². The van der Waals surface area contributed by atoms with E-state index in [0.717, 1.165) is 33.8 Å². The Morgan fingerprint density at radius 3 is 2.47 bits per heavy atom. The average Bonchev–Trinajstić information content (AvgIpc) is 3.18. The molecule has 1 N–H and O–H groups in total. The van der Waals surface area contributed by atoms with Crippen molar-refractivity contribution in [2.45, 2.75) is 32.6 Å². The highest BCUT2D eigenvalue weighted by Crippen LogP contribution is 2.36. The molecule has 0 saturated carbocycles. The third-order valence-corrected chi connectivity index (χ3v) is 6.69. The molecule has 0 aromatic heterocycles. The lowest BCUT2D eigenvalue weighted by Crippen LogP contribution is -2.46. The molecule has 1 aliphatic carbocycles. The number of morpholine rings is 1. The summed E-state index contributed by atoms with van der Waals surface area (Å²) in [5, 5.41) is 2.32. The van der Waals surface area contributed by atoms with E-state index in [9.17, 15) is 18.0 Å². The first-order chi connectivity index (χ1) is 15.3. The highest BCUT2D eigenvalue weighted by molar-refractivity contribution is 7.88. The Hall–Kier alpha value is -2.65. The fourth-order valence-corrected chi connectivity index (χ4v) is 4.75. The predicted octanol–water partition coefficient (Wildman–Crippen LogP) is 2.75. The van der Waals surface area contributed by atoms with Crippen molar-refractivity contribution in [1.82, 2.24) is 14.5 Å². The standard InChI is InChI=1S/C23H31N3O5S/c1-3-4-12-26(32(2,29)30)23(28)24-22(27)20-11-10-19(17-18-8-6-5-7-9-18)21(20)25-13-15-31-16-14-25/h5-9,17H,3-4,10-16H2,1-2H3,(H,24,27,28). The van der Waals surface area contributed by atoms with Crippen molar-refractivity contribution in [3.8, 4) is 0 Å². The smallest absolute Gasteiger partial charge is 0.337 e. The van der Waals surface area contributed by atoms with E-state index in [1.165, 1.54) is 0 Å². The van der Waals surface area contributed by atoms with Crippen LogP contribution >= 0.6 is 0 Å². The molecule has 9 heteroatoms. The van der Waals surface area contributed by atoms with Gasteiger partial charge in [-0.15, -0.1) is 0 Å². The summed E-state index contributed by atoms with van der Waals surface area (Å²) in [5.41, 5.74) is 3.39. The molecule has 1 saturated heterocycles. The summed E-state index contributed by atoms with van der Waals surface area (Å²) in [5.74, 6) is -0.543. The average molecular weight is 462 g/mol. The van der Waals surface area contributed by atoms with Crippen molar-refractivity contribution in [2.75, 3.05) is 39.1 Å². The summed E-state index contributed by atoms with van der Waals surface area (Å²) in [7, 11) is -3.78. The maximum Gasteiger partial charge on any atom is 0.337 e. The quantitative estimate of drug-likeness (QED) is 0.671. The van der Waals surface area contributed by atoms with Crippen LogP contribution in [-0.2, 0) is 19.6 Å². The van der Waals surface area contributed by atoms with Gasteiger partial charge in [0.25, 0.3) is 5.91 Å². The third kappa shape index (κ3) is 5.98. The summed E-state index contributed by atoms with van der Waals surface area (Å²) in [6.07, 6.45) is 5.45. The first-order valence-electron chi connectivity index (χ1n) is 11.0. The van der Waals surface area contributed by atoms with Gasteiger partial charge in [-0.05, 0) is 36.5 Å². The van der Waals surface area contributed by atoms with Crippen LogP contribution in [0.5, 0.6) is 0 Å². The minimum absolute atomic E-state index is 0.0446. The number of nitrogens with one attached hydrogen (secondary N) is 1. The molecule has 0 spiro atoms. The third-order valence-electron chi connectivity index (χ3n) is 5.54. The van der Waals surface area contributed by atoms with E-state index < -0.39 is 22.0 Å². The van der Waals surface area contributed by atoms with Gasteiger partial charge in [0.2, 0.25) is 10.0 Å². The van der Waals surface area contributed by atoms with Crippen LogP contribution in [0.2, 0.25) is 0 Å². The molecular formula is C23H31N3O5S. The lowest BCUT2D eigenvalue weighted by atomic mass is 10.1. The van der Waals surface area contributed by atoms with Crippen molar-refractivity contribution >= 4 is 28.0 Å². The molecule has 1 aromatic carbocycles. The largest absolute Gasteiger partial charge is 0.378 e. The second-order valence-corrected chi connectivity index (χ2v) is 9.86. The van der Waals surface area contributed by atoms with Crippen LogP contribution < -0.4 is 5.32 Å². The number of hydrogen-bond acceptors (Lipinski definition) is 6. The molecule has 1 heterocycles. The van der Waals surface area contributed by atoms with Gasteiger partial charge in [-0.3, -0.25) is 10.1 Å². The van der Waals surface area contributed by atoms with E-state index in [1.54, 1.807) is 0 Å².